The summed E-state index contributed by atoms with van der Waals surface area (Å²) in [7, 11) is -3.53. The molecule has 8 nitrogen and oxygen atoms in total. The first kappa shape index (κ1) is 21.5. The lowest BCUT2D eigenvalue weighted by Gasteiger charge is -2.20. The molecule has 164 valence electrons. The normalized spacial score (nSPS) is 14.1. The van der Waals surface area contributed by atoms with Gasteiger partial charge in [0.25, 0.3) is 5.91 Å². The zero-order valence-corrected chi connectivity index (χ0v) is 19.1. The van der Waals surface area contributed by atoms with Crippen molar-refractivity contribution in [3.05, 3.63) is 47.8 Å². The number of carbonyl (C=O) groups excluding carboxylic acids is 1. The Bertz CT molecular complexity index is 1250. The number of fused-ring (bicyclic) bond motifs is 2. The fraction of sp³-hybridized carbons (Fsp3) is 0.409. The predicted molar refractivity (Wildman–Crippen MR) is 120 cm³/mol. The lowest BCUT2D eigenvalue weighted by Crippen LogP contribution is -2.30. The van der Waals surface area contributed by atoms with Gasteiger partial charge in [0.2, 0.25) is 10.0 Å². The van der Waals surface area contributed by atoms with Crippen molar-refractivity contribution in [2.24, 2.45) is 0 Å². The molecule has 0 spiro atoms. The van der Waals surface area contributed by atoms with E-state index >= 15 is 0 Å². The number of anilines is 1. The molecule has 1 aliphatic heterocycles. The van der Waals surface area contributed by atoms with Gasteiger partial charge in [-0.2, -0.15) is 9.40 Å². The maximum atomic E-state index is 13.2. The minimum absolute atomic E-state index is 0.148. The molecule has 31 heavy (non-hydrogen) atoms. The minimum Gasteiger partial charge on any atom is -0.308 e. The summed E-state index contributed by atoms with van der Waals surface area (Å²) in [6.45, 7) is 9.06. The van der Waals surface area contributed by atoms with Gasteiger partial charge in [0.15, 0.2) is 5.65 Å². The summed E-state index contributed by atoms with van der Waals surface area (Å²) in [6.07, 6.45) is 3.92. The van der Waals surface area contributed by atoms with E-state index in [1.54, 1.807) is 35.5 Å². The van der Waals surface area contributed by atoms with Crippen molar-refractivity contribution >= 4 is 32.7 Å². The second-order valence-corrected chi connectivity index (χ2v) is 9.84. The van der Waals surface area contributed by atoms with Gasteiger partial charge in [-0.1, -0.05) is 13.8 Å². The van der Waals surface area contributed by atoms with E-state index in [4.69, 9.17) is 0 Å². The molecule has 4 rings (SSSR count). The van der Waals surface area contributed by atoms with Gasteiger partial charge in [0, 0.05) is 42.9 Å². The summed E-state index contributed by atoms with van der Waals surface area (Å²) >= 11 is 0. The molecule has 0 saturated carbocycles. The summed E-state index contributed by atoms with van der Waals surface area (Å²) in [6, 6.07) is 7.02. The molecular weight excluding hydrogens is 414 g/mol. The van der Waals surface area contributed by atoms with Gasteiger partial charge >= 0.3 is 0 Å². The highest BCUT2D eigenvalue weighted by Crippen LogP contribution is 2.32. The van der Waals surface area contributed by atoms with Gasteiger partial charge in [-0.3, -0.25) is 4.79 Å². The predicted octanol–water partition coefficient (Wildman–Crippen LogP) is 3.25. The van der Waals surface area contributed by atoms with Crippen LogP contribution in [-0.2, 0) is 16.4 Å². The lowest BCUT2D eigenvalue weighted by atomic mass is 10.1. The summed E-state index contributed by atoms with van der Waals surface area (Å²) in [5.74, 6) is -0.148. The van der Waals surface area contributed by atoms with E-state index in [-0.39, 0.29) is 16.8 Å². The van der Waals surface area contributed by atoms with Crippen molar-refractivity contribution in [1.29, 1.82) is 0 Å². The van der Waals surface area contributed by atoms with Crippen molar-refractivity contribution in [1.82, 2.24) is 19.1 Å². The van der Waals surface area contributed by atoms with E-state index in [2.05, 4.69) is 10.1 Å². The first-order chi connectivity index (χ1) is 14.8. The Morgan fingerprint density at radius 3 is 2.58 bits per heavy atom. The average molecular weight is 442 g/mol. The first-order valence-electron chi connectivity index (χ1n) is 10.6. The second-order valence-electron chi connectivity index (χ2n) is 7.91. The zero-order valence-electron chi connectivity index (χ0n) is 18.2. The van der Waals surface area contributed by atoms with Gasteiger partial charge in [-0.15, -0.1) is 0 Å². The summed E-state index contributed by atoms with van der Waals surface area (Å²) in [5.41, 5.74) is 2.85. The number of sulfonamides is 1. The van der Waals surface area contributed by atoms with Gasteiger partial charge in [-0.05, 0) is 50.1 Å². The Kier molecular flexibility index (Phi) is 5.57. The molecule has 0 N–H and O–H groups in total. The van der Waals surface area contributed by atoms with Crippen LogP contribution >= 0.6 is 0 Å². The molecule has 2 aromatic heterocycles. The Morgan fingerprint density at radius 1 is 1.16 bits per heavy atom. The highest BCUT2D eigenvalue weighted by atomic mass is 32.2. The Morgan fingerprint density at radius 2 is 1.90 bits per heavy atom. The highest BCUT2D eigenvalue weighted by Gasteiger charge is 2.29. The minimum atomic E-state index is -3.53. The van der Waals surface area contributed by atoms with Crippen molar-refractivity contribution in [2.45, 2.75) is 45.1 Å². The van der Waals surface area contributed by atoms with Gasteiger partial charge < -0.3 is 4.90 Å². The average Bonchev–Trinajstić information content (AvgIpc) is 3.37. The fourth-order valence-corrected chi connectivity index (χ4v) is 5.56. The zero-order chi connectivity index (χ0) is 22.3. The van der Waals surface area contributed by atoms with E-state index in [0.29, 0.717) is 31.6 Å². The monoisotopic (exact) mass is 441 g/mol. The second kappa shape index (κ2) is 8.05. The van der Waals surface area contributed by atoms with Crippen LogP contribution in [0.1, 0.15) is 49.7 Å². The van der Waals surface area contributed by atoms with Gasteiger partial charge in [-0.25, -0.2) is 18.1 Å². The van der Waals surface area contributed by atoms with Crippen LogP contribution in [0.5, 0.6) is 0 Å². The van der Waals surface area contributed by atoms with E-state index in [0.717, 1.165) is 22.3 Å². The van der Waals surface area contributed by atoms with Gasteiger partial charge in [0.05, 0.1) is 16.7 Å². The third-order valence-electron chi connectivity index (χ3n) is 5.70. The van der Waals surface area contributed by atoms with Gasteiger partial charge in [0.1, 0.15) is 0 Å². The fourth-order valence-electron chi connectivity index (χ4n) is 4.05. The molecule has 9 heteroatoms. The Hall–Kier alpha value is -2.78. The number of carbonyl (C=O) groups is 1. The van der Waals surface area contributed by atoms with Crippen LogP contribution in [0, 0.1) is 0 Å². The lowest BCUT2D eigenvalue weighted by molar-refractivity contribution is 0.0989. The number of amides is 1. The van der Waals surface area contributed by atoms with Crippen LogP contribution in [0.25, 0.3) is 11.0 Å². The van der Waals surface area contributed by atoms with Crippen LogP contribution < -0.4 is 4.90 Å². The van der Waals surface area contributed by atoms with Crippen molar-refractivity contribution in [2.75, 3.05) is 24.5 Å². The Balaban J connectivity index is 1.64. The topological polar surface area (TPSA) is 88.4 Å². The summed E-state index contributed by atoms with van der Waals surface area (Å²) in [5, 5.41) is 5.18. The highest BCUT2D eigenvalue weighted by molar-refractivity contribution is 7.89. The van der Waals surface area contributed by atoms with E-state index in [1.165, 1.54) is 4.31 Å². The molecular formula is C22H27N5O3S. The number of benzene rings is 1. The molecule has 0 aliphatic carbocycles. The molecule has 1 amide bonds. The number of pyridine rings is 1. The standard InChI is InChI=1S/C22H27N5O3S/c1-5-25(6-2)31(29,30)19-7-8-20-16(12-19)9-10-26(20)22(28)18-11-17-14-24-27(15(3)4)21(17)23-13-18/h7-8,11-15H,5-6,9-10H2,1-4H3. The SMILES string of the molecule is CCN(CC)S(=O)(=O)c1ccc2c(c1)CCN2C(=O)c1cnc2c(cnn2C(C)C)c1. The number of aromatic nitrogens is 3. The number of hydrogen-bond acceptors (Lipinski definition) is 5. The van der Waals surface area contributed by atoms with Crippen LogP contribution in [0.15, 0.2) is 41.6 Å². The number of rotatable bonds is 6. The molecule has 0 atom stereocenters. The smallest absolute Gasteiger partial charge is 0.259 e. The maximum Gasteiger partial charge on any atom is 0.259 e. The molecule has 0 radical (unpaired) electrons. The molecule has 3 heterocycles. The summed E-state index contributed by atoms with van der Waals surface area (Å²) in [4.78, 5) is 19.6. The first-order valence-corrected chi connectivity index (χ1v) is 12.0. The molecule has 1 aromatic carbocycles. The Labute approximate surface area is 182 Å². The molecule has 0 saturated heterocycles. The molecule has 1 aliphatic rings. The molecule has 0 bridgehead atoms. The number of nitrogens with zero attached hydrogens (tertiary/aromatic N) is 5. The van der Waals surface area contributed by atoms with E-state index in [1.807, 2.05) is 38.4 Å². The quantitative estimate of drug-likeness (QED) is 0.586. The van der Waals surface area contributed by atoms with Crippen molar-refractivity contribution < 1.29 is 13.2 Å². The summed E-state index contributed by atoms with van der Waals surface area (Å²) < 4.78 is 28.9. The van der Waals surface area contributed by atoms with E-state index in [9.17, 15) is 13.2 Å². The third kappa shape index (κ3) is 3.61. The van der Waals surface area contributed by atoms with Crippen LogP contribution in [0.2, 0.25) is 0 Å². The number of hydrogen-bond donors (Lipinski definition) is 0. The van der Waals surface area contributed by atoms with Crippen molar-refractivity contribution in [3.8, 4) is 0 Å². The third-order valence-corrected chi connectivity index (χ3v) is 7.75. The van der Waals surface area contributed by atoms with E-state index < -0.39 is 10.0 Å². The molecule has 0 unspecified atom stereocenters. The van der Waals surface area contributed by atoms with Crippen LogP contribution in [0.4, 0.5) is 5.69 Å². The van der Waals surface area contributed by atoms with Crippen LogP contribution in [0.3, 0.4) is 0 Å². The molecule has 0 fully saturated rings. The maximum absolute atomic E-state index is 13.2. The largest absolute Gasteiger partial charge is 0.308 e. The van der Waals surface area contributed by atoms with Crippen molar-refractivity contribution in [3.63, 3.8) is 0 Å². The molecule has 3 aromatic rings. The van der Waals surface area contributed by atoms with Crippen LogP contribution in [-0.4, -0.2) is 53.0 Å².